The van der Waals surface area contributed by atoms with Crippen molar-refractivity contribution in [1.82, 2.24) is 4.98 Å². The molecule has 0 aromatic carbocycles. The minimum absolute atomic E-state index is 0.00231. The highest BCUT2D eigenvalue weighted by Gasteiger charge is 2.17. The summed E-state index contributed by atoms with van der Waals surface area (Å²) < 4.78 is 4.71. The second kappa shape index (κ2) is 3.04. The fourth-order valence-corrected chi connectivity index (χ4v) is 0.791. The van der Waals surface area contributed by atoms with E-state index in [4.69, 9.17) is 10.5 Å². The molecule has 6 nitrogen and oxygen atoms in total. The summed E-state index contributed by atoms with van der Waals surface area (Å²) in [5, 5.41) is 10.3. The van der Waals surface area contributed by atoms with Gasteiger partial charge in [0.2, 0.25) is 5.75 Å². The van der Waals surface area contributed by atoms with Gasteiger partial charge in [-0.1, -0.05) is 0 Å². The first-order valence-electron chi connectivity index (χ1n) is 3.09. The molecule has 2 N–H and O–H groups in total. The molecule has 0 bridgehead atoms. The molecule has 64 valence electrons. The first kappa shape index (κ1) is 8.25. The number of nitrogen functional groups attached to an aromatic ring is 1. The zero-order valence-electron chi connectivity index (χ0n) is 6.35. The minimum atomic E-state index is -0.644. The van der Waals surface area contributed by atoms with Crippen molar-refractivity contribution in [2.75, 3.05) is 12.8 Å². The summed E-state index contributed by atoms with van der Waals surface area (Å²) in [5.41, 5.74) is 5.61. The van der Waals surface area contributed by atoms with Crippen LogP contribution in [0.3, 0.4) is 0 Å². The van der Waals surface area contributed by atoms with Gasteiger partial charge in [-0.25, -0.2) is 0 Å². The van der Waals surface area contributed by atoms with E-state index < -0.39 is 4.92 Å². The monoisotopic (exact) mass is 169 g/mol. The van der Waals surface area contributed by atoms with Gasteiger partial charge < -0.3 is 20.6 Å². The van der Waals surface area contributed by atoms with Gasteiger partial charge in [-0.15, -0.1) is 0 Å². The van der Waals surface area contributed by atoms with Crippen LogP contribution in [-0.4, -0.2) is 17.0 Å². The van der Waals surface area contributed by atoms with Crippen molar-refractivity contribution >= 4 is 11.5 Å². The molecule has 0 aliphatic carbocycles. The number of hydrogen-bond donors (Lipinski definition) is 1. The Morgan fingerprint density at radius 2 is 2.42 bits per heavy atom. The van der Waals surface area contributed by atoms with E-state index in [1.165, 1.54) is 19.4 Å². The molecule has 0 fully saturated rings. The molecule has 6 heteroatoms. The summed E-state index contributed by atoms with van der Waals surface area (Å²) in [4.78, 5) is 13.2. The molecular weight excluding hydrogens is 162 g/mol. The van der Waals surface area contributed by atoms with Crippen LogP contribution in [0.25, 0.3) is 0 Å². The number of methoxy groups -OCH3 is 1. The Labute approximate surface area is 68.1 Å². The maximum absolute atomic E-state index is 10.3. The summed E-state index contributed by atoms with van der Waals surface area (Å²) in [7, 11) is 1.31. The van der Waals surface area contributed by atoms with E-state index in [0.717, 1.165) is 0 Å². The molecule has 0 amide bonds. The standard InChI is InChI=1S/C6H7N3O3/c1-12-5-4(7)2-3-8-6(5)9(10)11/h2-3H,1H3,(H2,7,8). The molecule has 0 spiro atoms. The zero-order valence-corrected chi connectivity index (χ0v) is 6.35. The number of nitrogens with two attached hydrogens (primary N) is 1. The summed E-state index contributed by atoms with van der Waals surface area (Å²) in [6.45, 7) is 0. The molecule has 0 atom stereocenters. The second-order valence-electron chi connectivity index (χ2n) is 2.01. The number of aromatic nitrogens is 1. The fraction of sp³-hybridized carbons (Fsp3) is 0.167. The molecule has 0 aliphatic heterocycles. The predicted molar refractivity (Wildman–Crippen MR) is 41.9 cm³/mol. The lowest BCUT2D eigenvalue weighted by molar-refractivity contribution is -0.390. The molecule has 0 saturated carbocycles. The van der Waals surface area contributed by atoms with Crippen molar-refractivity contribution in [3.63, 3.8) is 0 Å². The van der Waals surface area contributed by atoms with Gasteiger partial charge in [0, 0.05) is 6.07 Å². The SMILES string of the molecule is COc1c(N)ccnc1[N+](=O)[O-]. The number of rotatable bonds is 2. The number of hydrogen-bond acceptors (Lipinski definition) is 5. The lowest BCUT2D eigenvalue weighted by Gasteiger charge is -2.02. The molecule has 1 heterocycles. The first-order valence-corrected chi connectivity index (χ1v) is 3.09. The molecule has 0 saturated heterocycles. The van der Waals surface area contributed by atoms with Gasteiger partial charge in [0.25, 0.3) is 0 Å². The van der Waals surface area contributed by atoms with Gasteiger partial charge >= 0.3 is 5.82 Å². The van der Waals surface area contributed by atoms with E-state index in [1.54, 1.807) is 0 Å². The molecule has 0 radical (unpaired) electrons. The summed E-state index contributed by atoms with van der Waals surface area (Å²) in [6.07, 6.45) is 1.26. The van der Waals surface area contributed by atoms with Crippen LogP contribution >= 0.6 is 0 Å². The zero-order chi connectivity index (χ0) is 9.14. The average molecular weight is 169 g/mol. The highest BCUT2D eigenvalue weighted by molar-refractivity contribution is 5.59. The van der Waals surface area contributed by atoms with E-state index in [9.17, 15) is 10.1 Å². The number of pyridine rings is 1. The van der Waals surface area contributed by atoms with Gasteiger partial charge in [-0.3, -0.25) is 0 Å². The highest BCUT2D eigenvalue weighted by atomic mass is 16.6. The average Bonchev–Trinajstić information content (AvgIpc) is 2.03. The van der Waals surface area contributed by atoms with Gasteiger partial charge in [0.15, 0.2) is 0 Å². The molecule has 12 heavy (non-hydrogen) atoms. The van der Waals surface area contributed by atoms with E-state index >= 15 is 0 Å². The van der Waals surface area contributed by atoms with Gasteiger partial charge in [-0.2, -0.15) is 0 Å². The minimum Gasteiger partial charge on any atom is -0.488 e. The number of ether oxygens (including phenoxy) is 1. The molecular formula is C6H7N3O3. The Morgan fingerprint density at radius 1 is 1.75 bits per heavy atom. The fourth-order valence-electron chi connectivity index (χ4n) is 0.791. The summed E-state index contributed by atoms with van der Waals surface area (Å²) >= 11 is 0. The predicted octanol–water partition coefficient (Wildman–Crippen LogP) is 0.581. The Morgan fingerprint density at radius 3 is 2.83 bits per heavy atom. The molecule has 1 rings (SSSR count). The lowest BCUT2D eigenvalue weighted by Crippen LogP contribution is -1.99. The molecule has 0 aliphatic rings. The number of anilines is 1. The van der Waals surface area contributed by atoms with E-state index in [0.29, 0.717) is 0 Å². The first-order chi connectivity index (χ1) is 5.66. The van der Waals surface area contributed by atoms with E-state index in [1.807, 2.05) is 0 Å². The smallest absolute Gasteiger partial charge is 0.408 e. The normalized spacial score (nSPS) is 9.42. The van der Waals surface area contributed by atoms with E-state index in [2.05, 4.69) is 4.98 Å². The van der Waals surface area contributed by atoms with E-state index in [-0.39, 0.29) is 17.3 Å². The summed E-state index contributed by atoms with van der Waals surface area (Å²) in [5.74, 6) is -0.361. The summed E-state index contributed by atoms with van der Waals surface area (Å²) in [6, 6.07) is 1.44. The van der Waals surface area contributed by atoms with Gasteiger partial charge in [0.1, 0.15) is 6.20 Å². The van der Waals surface area contributed by atoms with Crippen LogP contribution in [0.1, 0.15) is 0 Å². The van der Waals surface area contributed by atoms with Crippen LogP contribution in [0, 0.1) is 10.1 Å². The van der Waals surface area contributed by atoms with Crippen LogP contribution in [0.15, 0.2) is 12.3 Å². The lowest BCUT2D eigenvalue weighted by atomic mass is 10.3. The maximum atomic E-state index is 10.3. The third-order valence-electron chi connectivity index (χ3n) is 1.29. The molecule has 1 aromatic rings. The van der Waals surface area contributed by atoms with Crippen molar-refractivity contribution < 1.29 is 9.66 Å². The third kappa shape index (κ3) is 1.26. The quantitative estimate of drug-likeness (QED) is 0.516. The van der Waals surface area contributed by atoms with Crippen LogP contribution in [0.5, 0.6) is 5.75 Å². The van der Waals surface area contributed by atoms with Crippen molar-refractivity contribution in [3.05, 3.63) is 22.4 Å². The maximum Gasteiger partial charge on any atom is 0.408 e. The largest absolute Gasteiger partial charge is 0.488 e. The molecule has 1 aromatic heterocycles. The Hall–Kier alpha value is -1.85. The van der Waals surface area contributed by atoms with Crippen molar-refractivity contribution in [1.29, 1.82) is 0 Å². The third-order valence-corrected chi connectivity index (χ3v) is 1.29. The van der Waals surface area contributed by atoms with Crippen LogP contribution in [-0.2, 0) is 0 Å². The Balaban J connectivity index is 3.27. The highest BCUT2D eigenvalue weighted by Crippen LogP contribution is 2.29. The van der Waals surface area contributed by atoms with Crippen molar-refractivity contribution in [3.8, 4) is 5.75 Å². The van der Waals surface area contributed by atoms with Crippen molar-refractivity contribution in [2.45, 2.75) is 0 Å². The Kier molecular flexibility index (Phi) is 2.09. The van der Waals surface area contributed by atoms with Crippen LogP contribution < -0.4 is 10.5 Å². The van der Waals surface area contributed by atoms with Crippen LogP contribution in [0.2, 0.25) is 0 Å². The van der Waals surface area contributed by atoms with Crippen LogP contribution in [0.4, 0.5) is 11.5 Å². The number of nitrogens with zero attached hydrogens (tertiary/aromatic N) is 2. The second-order valence-corrected chi connectivity index (χ2v) is 2.01. The topological polar surface area (TPSA) is 91.3 Å². The van der Waals surface area contributed by atoms with Gasteiger partial charge in [-0.05, 0) is 9.91 Å². The van der Waals surface area contributed by atoms with Crippen molar-refractivity contribution in [2.24, 2.45) is 0 Å². The Bertz CT molecular complexity index is 313. The van der Waals surface area contributed by atoms with Gasteiger partial charge in [0.05, 0.1) is 12.8 Å². The molecule has 0 unspecified atom stereocenters. The number of nitro groups is 1.